The number of benzene rings is 2. The number of aryl methyl sites for hydroxylation is 1. The molecular weight excluding hydrogens is 360 g/mol. The van der Waals surface area contributed by atoms with Crippen molar-refractivity contribution >= 4 is 23.5 Å². The Labute approximate surface area is 163 Å². The van der Waals surface area contributed by atoms with Crippen molar-refractivity contribution in [2.24, 2.45) is 0 Å². The predicted octanol–water partition coefficient (Wildman–Crippen LogP) is 4.00. The molecule has 2 aromatic carbocycles. The van der Waals surface area contributed by atoms with Gasteiger partial charge in [-0.1, -0.05) is 60.2 Å². The van der Waals surface area contributed by atoms with Crippen molar-refractivity contribution in [3.8, 4) is 0 Å². The van der Waals surface area contributed by atoms with Crippen LogP contribution in [0.15, 0.2) is 60.2 Å². The van der Waals surface area contributed by atoms with Crippen molar-refractivity contribution in [2.75, 3.05) is 0 Å². The maximum absolute atomic E-state index is 12.5. The fraction of sp³-hybridized carbons (Fsp3) is 0.227. The summed E-state index contributed by atoms with van der Waals surface area (Å²) in [6, 6.07) is 16.0. The first-order chi connectivity index (χ1) is 13.3. The lowest BCUT2D eigenvalue weighted by molar-refractivity contribution is -0.147. The normalized spacial score (nSPS) is 12.6. The Balaban J connectivity index is 2.33. The molecule has 28 heavy (non-hydrogen) atoms. The van der Waals surface area contributed by atoms with Crippen LogP contribution in [0.25, 0.3) is 5.57 Å². The first-order valence-electron chi connectivity index (χ1n) is 8.76. The zero-order valence-electron chi connectivity index (χ0n) is 15.7. The van der Waals surface area contributed by atoms with Crippen LogP contribution < -0.4 is 0 Å². The minimum absolute atomic E-state index is 0.139. The number of hydrogen-bond acceptors (Lipinski definition) is 4. The maximum atomic E-state index is 12.5. The van der Waals surface area contributed by atoms with Gasteiger partial charge in [0.2, 0.25) is 0 Å². The average Bonchev–Trinajstić information content (AvgIpc) is 2.65. The molecule has 0 bridgehead atoms. The number of hydrogen-bond donors (Lipinski definition) is 2. The Bertz CT molecular complexity index is 881. The number of ether oxygens (including phenoxy) is 1. The number of carboxylic acids is 2. The topological polar surface area (TPSA) is 101 Å². The average molecular weight is 382 g/mol. The molecule has 0 radical (unpaired) electrons. The summed E-state index contributed by atoms with van der Waals surface area (Å²) in [5.74, 6) is -3.29. The van der Waals surface area contributed by atoms with Crippen LogP contribution >= 0.6 is 0 Å². The highest BCUT2D eigenvalue weighted by atomic mass is 16.5. The van der Waals surface area contributed by atoms with E-state index >= 15 is 0 Å². The van der Waals surface area contributed by atoms with Crippen LogP contribution in [0.5, 0.6) is 0 Å². The van der Waals surface area contributed by atoms with E-state index in [1.807, 2.05) is 37.3 Å². The van der Waals surface area contributed by atoms with Crippen LogP contribution in [0.1, 0.15) is 42.6 Å². The molecule has 0 spiro atoms. The molecule has 0 aliphatic heterocycles. The zero-order chi connectivity index (χ0) is 20.7. The molecule has 1 atom stereocenters. The molecule has 0 heterocycles. The van der Waals surface area contributed by atoms with E-state index < -0.39 is 30.4 Å². The minimum Gasteiger partial charge on any atom is -0.481 e. The molecule has 6 nitrogen and oxygen atoms in total. The van der Waals surface area contributed by atoms with Gasteiger partial charge in [-0.2, -0.15) is 0 Å². The summed E-state index contributed by atoms with van der Waals surface area (Å²) < 4.78 is 5.43. The van der Waals surface area contributed by atoms with Gasteiger partial charge in [-0.15, -0.1) is 0 Å². The molecule has 1 unspecified atom stereocenters. The highest BCUT2D eigenvalue weighted by Crippen LogP contribution is 2.27. The summed E-state index contributed by atoms with van der Waals surface area (Å²) in [5, 5.41) is 18.6. The van der Waals surface area contributed by atoms with Crippen LogP contribution in [-0.4, -0.2) is 28.1 Å². The van der Waals surface area contributed by atoms with Crippen LogP contribution in [-0.2, 0) is 19.1 Å². The van der Waals surface area contributed by atoms with Crippen molar-refractivity contribution in [1.29, 1.82) is 0 Å². The van der Waals surface area contributed by atoms with Crippen molar-refractivity contribution in [3.63, 3.8) is 0 Å². The van der Waals surface area contributed by atoms with Gasteiger partial charge >= 0.3 is 17.9 Å². The lowest BCUT2D eigenvalue weighted by Gasteiger charge is -2.16. The van der Waals surface area contributed by atoms with Crippen molar-refractivity contribution in [2.45, 2.75) is 32.8 Å². The second-order valence-corrected chi connectivity index (χ2v) is 6.42. The molecular formula is C22H22O6. The lowest BCUT2D eigenvalue weighted by Crippen LogP contribution is -2.14. The molecule has 0 amide bonds. The Morgan fingerprint density at radius 1 is 0.929 bits per heavy atom. The van der Waals surface area contributed by atoms with Gasteiger partial charge in [-0.25, -0.2) is 4.79 Å². The van der Waals surface area contributed by atoms with Gasteiger partial charge in [0.15, 0.2) is 0 Å². The second-order valence-electron chi connectivity index (χ2n) is 6.42. The summed E-state index contributed by atoms with van der Waals surface area (Å²) in [6.45, 7) is 3.59. The third-order valence-electron chi connectivity index (χ3n) is 4.25. The summed E-state index contributed by atoms with van der Waals surface area (Å²) in [6.07, 6.45) is -1.55. The number of aliphatic carboxylic acids is 2. The van der Waals surface area contributed by atoms with Crippen LogP contribution in [0.3, 0.4) is 0 Å². The molecule has 0 aliphatic carbocycles. The van der Waals surface area contributed by atoms with Crippen molar-refractivity contribution in [1.82, 2.24) is 0 Å². The number of carbonyl (C=O) groups is 3. The molecule has 2 rings (SSSR count). The van der Waals surface area contributed by atoms with E-state index in [4.69, 9.17) is 9.84 Å². The molecule has 2 aromatic rings. The van der Waals surface area contributed by atoms with Gasteiger partial charge in [0.05, 0.1) is 18.4 Å². The van der Waals surface area contributed by atoms with Crippen molar-refractivity contribution < 1.29 is 29.3 Å². The fourth-order valence-corrected chi connectivity index (χ4v) is 2.78. The smallest absolute Gasteiger partial charge is 0.332 e. The number of carboxylic acid groups (broad SMARTS) is 2. The van der Waals surface area contributed by atoms with Gasteiger partial charge in [0.1, 0.15) is 6.10 Å². The summed E-state index contributed by atoms with van der Waals surface area (Å²) >= 11 is 0. The zero-order valence-corrected chi connectivity index (χ0v) is 15.7. The van der Waals surface area contributed by atoms with E-state index in [9.17, 15) is 19.5 Å². The Morgan fingerprint density at radius 2 is 1.54 bits per heavy atom. The molecule has 0 aromatic heterocycles. The highest BCUT2D eigenvalue weighted by molar-refractivity contribution is 6.03. The van der Waals surface area contributed by atoms with Gasteiger partial charge < -0.3 is 14.9 Å². The molecule has 0 fully saturated rings. The molecule has 0 saturated heterocycles. The molecule has 2 N–H and O–H groups in total. The van der Waals surface area contributed by atoms with Gasteiger partial charge in [-0.3, -0.25) is 9.59 Å². The van der Waals surface area contributed by atoms with Gasteiger partial charge in [-0.05, 0) is 30.5 Å². The predicted molar refractivity (Wildman–Crippen MR) is 104 cm³/mol. The first kappa shape index (κ1) is 20.9. The van der Waals surface area contributed by atoms with E-state index in [1.165, 1.54) is 0 Å². The summed E-state index contributed by atoms with van der Waals surface area (Å²) in [7, 11) is 0. The summed E-state index contributed by atoms with van der Waals surface area (Å²) in [5.41, 5.74) is 2.05. The lowest BCUT2D eigenvalue weighted by atomic mass is 9.94. The Hall–Kier alpha value is -3.41. The minimum atomic E-state index is -1.37. The van der Waals surface area contributed by atoms with E-state index in [0.29, 0.717) is 5.56 Å². The fourth-order valence-electron chi connectivity index (χ4n) is 2.78. The standard InChI is InChI=1S/C22H22O6/c1-14-8-10-17(11-9-14)18(19(22(26)27)12-20(23)24)13-21(25)28-15(2)16-6-4-3-5-7-16/h3-11,15H,12-13H2,1-2H3,(H,23,24)(H,26,27). The van der Waals surface area contributed by atoms with Gasteiger partial charge in [0, 0.05) is 0 Å². The van der Waals surface area contributed by atoms with E-state index in [2.05, 4.69) is 0 Å². The molecule has 146 valence electrons. The number of carbonyl (C=O) groups excluding carboxylic acids is 1. The van der Waals surface area contributed by atoms with Gasteiger partial charge in [0.25, 0.3) is 0 Å². The van der Waals surface area contributed by atoms with Crippen molar-refractivity contribution in [3.05, 3.63) is 76.9 Å². The highest BCUT2D eigenvalue weighted by Gasteiger charge is 2.23. The Morgan fingerprint density at radius 3 is 2.07 bits per heavy atom. The Kier molecular flexibility index (Phi) is 7.09. The quantitative estimate of drug-likeness (QED) is 0.529. The largest absolute Gasteiger partial charge is 0.481 e. The van der Waals surface area contributed by atoms with E-state index in [0.717, 1.165) is 11.1 Å². The molecule has 0 saturated carbocycles. The molecule has 6 heteroatoms. The first-order valence-corrected chi connectivity index (χ1v) is 8.76. The van der Waals surface area contributed by atoms with Crippen LogP contribution in [0.4, 0.5) is 0 Å². The summed E-state index contributed by atoms with van der Waals surface area (Å²) in [4.78, 5) is 35.3. The van der Waals surface area contributed by atoms with E-state index in [1.54, 1.807) is 31.2 Å². The van der Waals surface area contributed by atoms with Crippen LogP contribution in [0, 0.1) is 6.92 Å². The third-order valence-corrected chi connectivity index (χ3v) is 4.25. The van der Waals surface area contributed by atoms with Crippen LogP contribution in [0.2, 0.25) is 0 Å². The molecule has 0 aliphatic rings. The third kappa shape index (κ3) is 5.81. The second kappa shape index (κ2) is 9.50. The van der Waals surface area contributed by atoms with E-state index in [-0.39, 0.29) is 17.6 Å². The SMILES string of the molecule is Cc1ccc(C(CC(=O)OC(C)c2ccccc2)=C(CC(=O)O)C(=O)O)cc1. The number of rotatable bonds is 8. The monoisotopic (exact) mass is 382 g/mol. The number of esters is 1. The maximum Gasteiger partial charge on any atom is 0.332 e.